The molecule has 1 aromatic carbocycles. The summed E-state index contributed by atoms with van der Waals surface area (Å²) < 4.78 is 7.00. The Hall–Kier alpha value is -4.71. The first-order chi connectivity index (χ1) is 17.4. The number of amides is 2. The summed E-state index contributed by atoms with van der Waals surface area (Å²) in [5.74, 6) is -0.374. The molecule has 178 valence electrons. The van der Waals surface area contributed by atoms with Crippen molar-refractivity contribution in [1.29, 1.82) is 10.5 Å². The molecule has 4 rings (SSSR count). The van der Waals surface area contributed by atoms with Gasteiger partial charge in [0.15, 0.2) is 5.82 Å². The molecule has 0 saturated heterocycles. The maximum absolute atomic E-state index is 13.5. The van der Waals surface area contributed by atoms with Crippen molar-refractivity contribution in [3.63, 3.8) is 0 Å². The monoisotopic (exact) mass is 517 g/mol. The fourth-order valence-corrected chi connectivity index (χ4v) is 4.04. The number of hydrogen-bond acceptors (Lipinski definition) is 8. The zero-order chi connectivity index (χ0) is 25.7. The highest BCUT2D eigenvalue weighted by Gasteiger charge is 2.23. The number of benzene rings is 1. The van der Waals surface area contributed by atoms with Crippen LogP contribution in [0.1, 0.15) is 32.0 Å². The molecule has 0 aliphatic rings. The number of rotatable bonds is 7. The molecule has 0 bridgehead atoms. The van der Waals surface area contributed by atoms with Crippen molar-refractivity contribution < 1.29 is 14.3 Å². The van der Waals surface area contributed by atoms with Crippen LogP contribution in [0.15, 0.2) is 53.4 Å². The maximum Gasteiger partial charge on any atom is 0.274 e. The number of carbonyl (C=O) groups excluding carboxylic acids is 2. The van der Waals surface area contributed by atoms with E-state index in [0.717, 1.165) is 0 Å². The lowest BCUT2D eigenvalue weighted by Crippen LogP contribution is -2.26. The van der Waals surface area contributed by atoms with E-state index in [1.807, 2.05) is 17.5 Å². The van der Waals surface area contributed by atoms with Gasteiger partial charge in [-0.25, -0.2) is 9.67 Å². The summed E-state index contributed by atoms with van der Waals surface area (Å²) in [6.45, 7) is 1.41. The van der Waals surface area contributed by atoms with Crippen molar-refractivity contribution in [2.45, 2.75) is 6.92 Å². The molecule has 0 fully saturated rings. The Labute approximate surface area is 214 Å². The van der Waals surface area contributed by atoms with Gasteiger partial charge in [-0.2, -0.15) is 10.5 Å². The van der Waals surface area contributed by atoms with Crippen LogP contribution in [0.2, 0.25) is 5.02 Å². The predicted molar refractivity (Wildman–Crippen MR) is 133 cm³/mol. The van der Waals surface area contributed by atoms with E-state index >= 15 is 0 Å². The highest BCUT2D eigenvalue weighted by molar-refractivity contribution is 7.08. The summed E-state index contributed by atoms with van der Waals surface area (Å²) >= 11 is 7.76. The van der Waals surface area contributed by atoms with Gasteiger partial charge in [0.05, 0.1) is 34.0 Å². The fourth-order valence-electron chi connectivity index (χ4n) is 3.29. The molecule has 0 radical (unpaired) electrons. The summed E-state index contributed by atoms with van der Waals surface area (Å²) in [4.78, 5) is 30.4. The Morgan fingerprint density at radius 2 is 2.06 bits per heavy atom. The molecule has 0 atom stereocenters. The third-order valence-corrected chi connectivity index (χ3v) is 5.81. The van der Waals surface area contributed by atoms with Crippen molar-refractivity contribution in [2.75, 3.05) is 11.9 Å². The van der Waals surface area contributed by atoms with Gasteiger partial charge in [-0.05, 0) is 48.2 Å². The molecule has 0 aliphatic heterocycles. The predicted octanol–water partition coefficient (Wildman–Crippen LogP) is 4.46. The van der Waals surface area contributed by atoms with E-state index in [1.165, 1.54) is 40.4 Å². The number of pyridine rings is 1. The van der Waals surface area contributed by atoms with Crippen LogP contribution in [0.25, 0.3) is 5.82 Å². The molecule has 12 heteroatoms. The van der Waals surface area contributed by atoms with E-state index in [9.17, 15) is 14.9 Å². The number of carbonyl (C=O) groups is 2. The number of nitriles is 2. The number of hydrogen-bond donors (Lipinski definition) is 2. The van der Waals surface area contributed by atoms with E-state index in [1.54, 1.807) is 30.5 Å². The molecule has 10 nitrogen and oxygen atoms in total. The van der Waals surface area contributed by atoms with Crippen molar-refractivity contribution in [3.8, 4) is 29.6 Å². The molecule has 3 aromatic heterocycles. The van der Waals surface area contributed by atoms with Gasteiger partial charge in [0, 0.05) is 17.6 Å². The largest absolute Gasteiger partial charge is 0.437 e. The lowest BCUT2D eigenvalue weighted by molar-refractivity contribution is 0.0959. The third-order valence-electron chi connectivity index (χ3n) is 4.85. The first-order valence-corrected chi connectivity index (χ1v) is 11.7. The number of anilines is 1. The number of thiophene rings is 1. The molecule has 0 saturated carbocycles. The van der Waals surface area contributed by atoms with E-state index in [4.69, 9.17) is 21.6 Å². The second-order valence-electron chi connectivity index (χ2n) is 7.27. The van der Waals surface area contributed by atoms with Crippen LogP contribution >= 0.6 is 22.9 Å². The van der Waals surface area contributed by atoms with E-state index in [-0.39, 0.29) is 45.8 Å². The number of ether oxygens (including phenoxy) is 1. The number of halogens is 1. The van der Waals surface area contributed by atoms with Crippen LogP contribution in [-0.4, -0.2) is 33.1 Å². The van der Waals surface area contributed by atoms with Gasteiger partial charge >= 0.3 is 0 Å². The first-order valence-electron chi connectivity index (χ1n) is 10.3. The number of aromatic nitrogens is 3. The summed E-state index contributed by atoms with van der Waals surface area (Å²) in [5.41, 5.74) is 0.944. The van der Waals surface area contributed by atoms with Gasteiger partial charge in [0.2, 0.25) is 5.88 Å². The van der Waals surface area contributed by atoms with Crippen molar-refractivity contribution in [1.82, 2.24) is 20.1 Å². The van der Waals surface area contributed by atoms with E-state index < -0.39 is 11.8 Å². The number of nitrogens with zero attached hydrogens (tertiary/aromatic N) is 5. The lowest BCUT2D eigenvalue weighted by Gasteiger charge is -2.15. The number of aryl methyl sites for hydroxylation is 1. The standard InChI is InChI=1S/C24H16ClN7O3S/c1-14-9-15(12-27)10-17(23(33)29-7-5-26)21(14)30-24(34)19-11-20(35-16-4-8-36-13-16)31-32(19)22-18(25)3-2-6-28-22/h2-4,6,8-11,13H,7H2,1H3,(H,29,33)(H,30,34). The van der Waals surface area contributed by atoms with Crippen LogP contribution in [0, 0.1) is 29.6 Å². The summed E-state index contributed by atoms with van der Waals surface area (Å²) in [6.07, 6.45) is 1.51. The maximum atomic E-state index is 13.5. The van der Waals surface area contributed by atoms with Gasteiger partial charge in [-0.1, -0.05) is 11.6 Å². The van der Waals surface area contributed by atoms with Gasteiger partial charge < -0.3 is 15.4 Å². The smallest absolute Gasteiger partial charge is 0.274 e. The van der Waals surface area contributed by atoms with Crippen LogP contribution in [-0.2, 0) is 0 Å². The molecule has 36 heavy (non-hydrogen) atoms. The van der Waals surface area contributed by atoms with Crippen molar-refractivity contribution >= 4 is 40.4 Å². The average molecular weight is 518 g/mol. The molecule has 2 N–H and O–H groups in total. The van der Waals surface area contributed by atoms with E-state index in [2.05, 4.69) is 20.7 Å². The lowest BCUT2D eigenvalue weighted by atomic mass is 10.0. The fraction of sp³-hybridized carbons (Fsp3) is 0.0833. The Morgan fingerprint density at radius 1 is 1.22 bits per heavy atom. The normalized spacial score (nSPS) is 10.2. The van der Waals surface area contributed by atoms with Crippen LogP contribution in [0.3, 0.4) is 0 Å². The minimum atomic E-state index is -0.633. The highest BCUT2D eigenvalue weighted by atomic mass is 35.5. The van der Waals surface area contributed by atoms with E-state index in [0.29, 0.717) is 11.3 Å². The molecular formula is C24H16ClN7O3S. The Balaban J connectivity index is 1.76. The van der Waals surface area contributed by atoms with Crippen molar-refractivity contribution in [3.05, 3.63) is 80.8 Å². The quantitative estimate of drug-likeness (QED) is 0.344. The SMILES string of the molecule is Cc1cc(C#N)cc(C(=O)NCC#N)c1NC(=O)c1cc(Oc2ccsc2)nn1-c1ncccc1Cl. The third kappa shape index (κ3) is 5.18. The topological polar surface area (TPSA) is 146 Å². The van der Waals surface area contributed by atoms with Crippen LogP contribution < -0.4 is 15.4 Å². The summed E-state index contributed by atoms with van der Waals surface area (Å²) in [5, 5.41) is 31.5. The molecule has 4 aromatic rings. The molecule has 0 unspecified atom stereocenters. The van der Waals surface area contributed by atoms with Gasteiger partial charge in [-0.15, -0.1) is 16.4 Å². The molecule has 0 aliphatic carbocycles. The zero-order valence-electron chi connectivity index (χ0n) is 18.7. The minimum absolute atomic E-state index is 0.0341. The van der Waals surface area contributed by atoms with Crippen LogP contribution in [0.5, 0.6) is 11.6 Å². The second-order valence-corrected chi connectivity index (χ2v) is 8.46. The summed E-state index contributed by atoms with van der Waals surface area (Å²) in [7, 11) is 0. The van der Waals surface area contributed by atoms with Crippen molar-refractivity contribution in [2.24, 2.45) is 0 Å². The Bertz CT molecular complexity index is 1530. The van der Waals surface area contributed by atoms with Gasteiger partial charge in [-0.3, -0.25) is 9.59 Å². The van der Waals surface area contributed by atoms with Gasteiger partial charge in [0.1, 0.15) is 18.0 Å². The molecule has 2 amide bonds. The first kappa shape index (κ1) is 24.4. The second kappa shape index (κ2) is 10.7. The molecular weight excluding hydrogens is 502 g/mol. The zero-order valence-corrected chi connectivity index (χ0v) is 20.2. The number of nitrogens with one attached hydrogen (secondary N) is 2. The Kier molecular flexibility index (Phi) is 7.25. The molecule has 0 spiro atoms. The van der Waals surface area contributed by atoms with Gasteiger partial charge in [0.25, 0.3) is 11.8 Å². The van der Waals surface area contributed by atoms with Crippen LogP contribution in [0.4, 0.5) is 5.69 Å². The Morgan fingerprint density at radius 3 is 2.75 bits per heavy atom. The highest BCUT2D eigenvalue weighted by Crippen LogP contribution is 2.28. The minimum Gasteiger partial charge on any atom is -0.437 e. The summed E-state index contributed by atoms with van der Waals surface area (Å²) in [6, 6.07) is 13.1. The average Bonchev–Trinajstić information content (AvgIpc) is 3.54. The molecule has 3 heterocycles.